The number of likely N-dealkylation sites (tertiary alicyclic amines) is 1. The van der Waals surface area contributed by atoms with E-state index >= 15 is 0 Å². The second-order valence-corrected chi connectivity index (χ2v) is 8.68. The highest BCUT2D eigenvalue weighted by Gasteiger charge is 2.22. The van der Waals surface area contributed by atoms with Gasteiger partial charge in [-0.25, -0.2) is 4.79 Å². The molecule has 9 heteroatoms. The largest absolute Gasteiger partial charge is 0.466 e. The molecule has 0 saturated carbocycles. The number of carbonyl (C=O) groups excluding carboxylic acids is 1. The Labute approximate surface area is 203 Å². The Balaban J connectivity index is 0.00000480. The van der Waals surface area contributed by atoms with Crippen LogP contribution in [0.15, 0.2) is 15.5 Å². The number of guanidine groups is 1. The first kappa shape index (κ1) is 27.5. The van der Waals surface area contributed by atoms with Gasteiger partial charge in [0.25, 0.3) is 0 Å². The van der Waals surface area contributed by atoms with Crippen LogP contribution in [0, 0.1) is 13.8 Å². The number of hydrogen-bond acceptors (Lipinski definition) is 5. The van der Waals surface area contributed by atoms with Crippen LogP contribution in [0.4, 0.5) is 4.79 Å². The van der Waals surface area contributed by atoms with Gasteiger partial charge in [-0.05, 0) is 59.9 Å². The highest BCUT2D eigenvalue weighted by Crippen LogP contribution is 2.16. The molecule has 0 atom stereocenters. The zero-order valence-corrected chi connectivity index (χ0v) is 22.1. The summed E-state index contributed by atoms with van der Waals surface area (Å²) in [6, 6.07) is 2.06. The zero-order chi connectivity index (χ0) is 22.1. The molecule has 178 valence electrons. The van der Waals surface area contributed by atoms with Gasteiger partial charge in [-0.3, -0.25) is 4.99 Å². The number of aryl methyl sites for hydroxylation is 2. The van der Waals surface area contributed by atoms with Gasteiger partial charge in [0.15, 0.2) is 5.96 Å². The van der Waals surface area contributed by atoms with Gasteiger partial charge in [0, 0.05) is 45.4 Å². The van der Waals surface area contributed by atoms with Gasteiger partial charge in [-0.15, -0.1) is 24.0 Å². The molecule has 1 amide bonds. The van der Waals surface area contributed by atoms with Gasteiger partial charge >= 0.3 is 6.09 Å². The number of rotatable bonds is 7. The fourth-order valence-corrected chi connectivity index (χ4v) is 3.43. The SMILES string of the molecule is CN=C(NCc1cc(C)oc1C)N1CCC(OCCCNC(=O)OC(C)(C)C)CC1.I. The number of halogens is 1. The van der Waals surface area contributed by atoms with Crippen molar-refractivity contribution in [3.8, 4) is 0 Å². The quantitative estimate of drug-likeness (QED) is 0.231. The summed E-state index contributed by atoms with van der Waals surface area (Å²) in [5.41, 5.74) is 0.687. The lowest BCUT2D eigenvalue weighted by atomic mass is 10.1. The van der Waals surface area contributed by atoms with Crippen LogP contribution in [0.25, 0.3) is 0 Å². The van der Waals surface area contributed by atoms with Crippen molar-refractivity contribution in [3.05, 3.63) is 23.2 Å². The van der Waals surface area contributed by atoms with Crippen LogP contribution in [-0.4, -0.2) is 61.9 Å². The fourth-order valence-electron chi connectivity index (χ4n) is 3.43. The van der Waals surface area contributed by atoms with E-state index in [1.54, 1.807) is 0 Å². The van der Waals surface area contributed by atoms with Crippen LogP contribution in [0.2, 0.25) is 0 Å². The Morgan fingerprint density at radius 1 is 1.26 bits per heavy atom. The van der Waals surface area contributed by atoms with Crippen LogP contribution in [0.3, 0.4) is 0 Å². The molecule has 1 aliphatic rings. The van der Waals surface area contributed by atoms with Crippen molar-refractivity contribution >= 4 is 36.0 Å². The van der Waals surface area contributed by atoms with E-state index in [1.807, 2.05) is 41.7 Å². The number of carbonyl (C=O) groups is 1. The number of furan rings is 1. The van der Waals surface area contributed by atoms with E-state index in [2.05, 4.69) is 26.6 Å². The Kier molecular flexibility index (Phi) is 11.7. The Morgan fingerprint density at radius 3 is 2.48 bits per heavy atom. The predicted molar refractivity (Wildman–Crippen MR) is 133 cm³/mol. The molecule has 0 aromatic carbocycles. The summed E-state index contributed by atoms with van der Waals surface area (Å²) in [5, 5.41) is 6.19. The van der Waals surface area contributed by atoms with Crippen molar-refractivity contribution < 1.29 is 18.7 Å². The Bertz CT molecular complexity index is 707. The minimum Gasteiger partial charge on any atom is -0.466 e. The highest BCUT2D eigenvalue weighted by atomic mass is 127. The van der Waals surface area contributed by atoms with E-state index < -0.39 is 5.60 Å². The van der Waals surface area contributed by atoms with Gasteiger partial charge in [0.05, 0.1) is 6.10 Å². The molecule has 1 fully saturated rings. The molecular weight excluding hydrogens is 511 g/mol. The summed E-state index contributed by atoms with van der Waals surface area (Å²) in [7, 11) is 1.82. The smallest absolute Gasteiger partial charge is 0.407 e. The van der Waals surface area contributed by atoms with E-state index in [-0.39, 0.29) is 36.2 Å². The molecule has 0 spiro atoms. The normalized spacial score (nSPS) is 15.4. The topological polar surface area (TPSA) is 88.3 Å². The molecule has 31 heavy (non-hydrogen) atoms. The van der Waals surface area contributed by atoms with Crippen molar-refractivity contribution in [1.82, 2.24) is 15.5 Å². The molecule has 1 saturated heterocycles. The van der Waals surface area contributed by atoms with Crippen molar-refractivity contribution in [2.45, 2.75) is 72.1 Å². The lowest BCUT2D eigenvalue weighted by Crippen LogP contribution is -2.46. The van der Waals surface area contributed by atoms with E-state index in [0.29, 0.717) is 19.7 Å². The summed E-state index contributed by atoms with van der Waals surface area (Å²) in [6.07, 6.45) is 2.57. The summed E-state index contributed by atoms with van der Waals surface area (Å²) in [4.78, 5) is 18.3. The first-order valence-electron chi connectivity index (χ1n) is 10.8. The first-order chi connectivity index (χ1) is 14.2. The first-order valence-corrected chi connectivity index (χ1v) is 10.8. The van der Waals surface area contributed by atoms with Crippen molar-refractivity contribution in [2.24, 2.45) is 4.99 Å². The van der Waals surface area contributed by atoms with E-state index in [0.717, 1.165) is 55.4 Å². The number of hydrogen-bond donors (Lipinski definition) is 2. The van der Waals surface area contributed by atoms with Gasteiger partial charge in [-0.1, -0.05) is 0 Å². The molecule has 1 aromatic rings. The minimum atomic E-state index is -0.472. The minimum absolute atomic E-state index is 0. The molecule has 8 nitrogen and oxygen atoms in total. The molecule has 0 unspecified atom stereocenters. The van der Waals surface area contributed by atoms with Crippen LogP contribution in [0.5, 0.6) is 0 Å². The maximum Gasteiger partial charge on any atom is 0.407 e. The van der Waals surface area contributed by atoms with Gasteiger partial charge in [0.1, 0.15) is 17.1 Å². The predicted octanol–water partition coefficient (Wildman–Crippen LogP) is 3.99. The second kappa shape index (κ2) is 13.1. The maximum absolute atomic E-state index is 11.6. The fraction of sp³-hybridized carbons (Fsp3) is 0.727. The van der Waals surface area contributed by atoms with Gasteiger partial charge < -0.3 is 29.4 Å². The number of ether oxygens (including phenoxy) is 2. The third-order valence-corrected chi connectivity index (χ3v) is 4.88. The van der Waals surface area contributed by atoms with Gasteiger partial charge in [0.2, 0.25) is 0 Å². The molecule has 2 rings (SSSR count). The Hall–Kier alpha value is -1.49. The summed E-state index contributed by atoms with van der Waals surface area (Å²) in [6.45, 7) is 13.2. The van der Waals surface area contributed by atoms with Gasteiger partial charge in [-0.2, -0.15) is 0 Å². The maximum atomic E-state index is 11.6. The highest BCUT2D eigenvalue weighted by molar-refractivity contribution is 14.0. The number of aliphatic imine (C=N–C) groups is 1. The number of piperidine rings is 1. The third-order valence-electron chi connectivity index (χ3n) is 4.88. The molecule has 0 radical (unpaired) electrons. The van der Waals surface area contributed by atoms with Crippen molar-refractivity contribution in [3.63, 3.8) is 0 Å². The second-order valence-electron chi connectivity index (χ2n) is 8.68. The van der Waals surface area contributed by atoms with Crippen LogP contribution < -0.4 is 10.6 Å². The third kappa shape index (κ3) is 10.1. The lowest BCUT2D eigenvalue weighted by Gasteiger charge is -2.34. The average molecular weight is 550 g/mol. The van der Waals surface area contributed by atoms with Crippen LogP contribution >= 0.6 is 24.0 Å². The molecule has 2 heterocycles. The Morgan fingerprint density at radius 2 is 1.94 bits per heavy atom. The monoisotopic (exact) mass is 550 g/mol. The summed E-state index contributed by atoms with van der Waals surface area (Å²) < 4.78 is 16.8. The zero-order valence-electron chi connectivity index (χ0n) is 19.7. The standard InChI is InChI=1S/C22H38N4O4.HI/c1-16-14-18(17(2)29-16)15-25-20(23-6)26-11-8-19(9-12-26)28-13-7-10-24-21(27)30-22(3,4)5;/h14,19H,7-13,15H2,1-6H3,(H,23,25)(H,24,27);1H. The molecule has 2 N–H and O–H groups in total. The number of nitrogens with zero attached hydrogens (tertiary/aromatic N) is 2. The molecule has 1 aliphatic heterocycles. The summed E-state index contributed by atoms with van der Waals surface area (Å²) in [5.74, 6) is 2.79. The molecule has 1 aromatic heterocycles. The number of nitrogens with one attached hydrogen (secondary N) is 2. The van der Waals surface area contributed by atoms with Crippen LogP contribution in [0.1, 0.15) is 57.1 Å². The van der Waals surface area contributed by atoms with E-state index in [9.17, 15) is 4.79 Å². The lowest BCUT2D eigenvalue weighted by molar-refractivity contribution is 0.0170. The molecular formula is C22H39IN4O4. The van der Waals surface area contributed by atoms with Crippen molar-refractivity contribution in [1.29, 1.82) is 0 Å². The molecule has 0 aliphatic carbocycles. The van der Waals surface area contributed by atoms with Crippen LogP contribution in [-0.2, 0) is 16.0 Å². The van der Waals surface area contributed by atoms with Crippen molar-refractivity contribution in [2.75, 3.05) is 33.3 Å². The van der Waals surface area contributed by atoms with E-state index in [4.69, 9.17) is 13.9 Å². The number of amides is 1. The summed E-state index contributed by atoms with van der Waals surface area (Å²) >= 11 is 0. The molecule has 0 bridgehead atoms. The average Bonchev–Trinajstić information content (AvgIpc) is 2.99. The van der Waals surface area contributed by atoms with E-state index in [1.165, 1.54) is 0 Å². The number of alkyl carbamates (subject to hydrolysis) is 1.